The molecule has 7 rings (SSSR count). The van der Waals surface area contributed by atoms with Gasteiger partial charge >= 0.3 is 0 Å². The van der Waals surface area contributed by atoms with E-state index in [0.29, 0.717) is 0 Å². The molecule has 0 saturated heterocycles. The summed E-state index contributed by atoms with van der Waals surface area (Å²) < 4.78 is 2.58. The molecule has 1 nitrogen and oxygen atoms in total. The SMILES string of the molecule is Cc1cccc2c1Cc1c(C)ccc3c4ccccc4c4ccccc4c4cccc(C)c4n-2c13. The van der Waals surface area contributed by atoms with Crippen molar-refractivity contribution in [2.75, 3.05) is 0 Å². The molecule has 0 spiro atoms. The number of para-hydroxylation sites is 1. The summed E-state index contributed by atoms with van der Waals surface area (Å²) in [5, 5.41) is 7.74. The molecule has 0 amide bonds. The minimum Gasteiger partial charge on any atom is -0.308 e. The van der Waals surface area contributed by atoms with E-state index in [1.165, 1.54) is 76.9 Å². The van der Waals surface area contributed by atoms with E-state index in [0.717, 1.165) is 6.42 Å². The molecule has 5 aromatic carbocycles. The highest BCUT2D eigenvalue weighted by atomic mass is 15.0. The van der Waals surface area contributed by atoms with Gasteiger partial charge in [0.1, 0.15) is 0 Å². The number of aryl methyl sites for hydroxylation is 3. The smallest absolute Gasteiger partial charge is 0.0578 e. The zero-order valence-corrected chi connectivity index (χ0v) is 20.4. The number of hydrogen-bond donors (Lipinski definition) is 0. The summed E-state index contributed by atoms with van der Waals surface area (Å²) >= 11 is 0. The topological polar surface area (TPSA) is 4.93 Å². The second-order valence-corrected chi connectivity index (χ2v) is 9.90. The molecular weight excluding hydrogens is 422 g/mol. The standard InChI is InChI=1S/C34H27N/c1-21-10-9-17-32-30(21)20-31-22(2)18-19-29-27-15-7-5-13-25(27)24-12-4-6-14-26(24)28-16-8-11-23(3)33(28)35(32)34(29)31/h4-19H,20H2,1-3H3. The molecule has 1 aliphatic heterocycles. The highest BCUT2D eigenvalue weighted by Crippen LogP contribution is 2.41. The van der Waals surface area contributed by atoms with Crippen molar-refractivity contribution in [3.8, 4) is 5.69 Å². The van der Waals surface area contributed by atoms with Gasteiger partial charge in [0.15, 0.2) is 0 Å². The van der Waals surface area contributed by atoms with Crippen LogP contribution in [0.2, 0.25) is 0 Å². The fraction of sp³-hybridized carbons (Fsp3) is 0.118. The van der Waals surface area contributed by atoms with Gasteiger partial charge in [0.2, 0.25) is 0 Å². The maximum absolute atomic E-state index is 2.58. The first-order valence-corrected chi connectivity index (χ1v) is 12.4. The summed E-state index contributed by atoms with van der Waals surface area (Å²) in [6.45, 7) is 6.78. The molecule has 0 fully saturated rings. The molecule has 0 aliphatic carbocycles. The van der Waals surface area contributed by atoms with Gasteiger partial charge in [-0.05, 0) is 76.2 Å². The van der Waals surface area contributed by atoms with Gasteiger partial charge in [-0.1, -0.05) is 91.0 Å². The molecule has 0 atom stereocenters. The van der Waals surface area contributed by atoms with Gasteiger partial charge in [0, 0.05) is 22.9 Å². The van der Waals surface area contributed by atoms with Crippen LogP contribution >= 0.6 is 0 Å². The third-order valence-corrected chi connectivity index (χ3v) is 7.91. The quantitative estimate of drug-likeness (QED) is 0.218. The number of nitrogens with zero attached hydrogens (tertiary/aromatic N) is 1. The molecule has 1 aliphatic rings. The van der Waals surface area contributed by atoms with Crippen molar-refractivity contribution in [1.82, 2.24) is 4.57 Å². The number of benzene rings is 5. The van der Waals surface area contributed by atoms with Gasteiger partial charge in [0.25, 0.3) is 0 Å². The van der Waals surface area contributed by atoms with Crippen LogP contribution in [0.25, 0.3) is 49.0 Å². The van der Waals surface area contributed by atoms with E-state index in [2.05, 4.69) is 122 Å². The van der Waals surface area contributed by atoms with E-state index < -0.39 is 0 Å². The lowest BCUT2D eigenvalue weighted by Gasteiger charge is -2.27. The maximum Gasteiger partial charge on any atom is 0.0578 e. The molecule has 1 aromatic heterocycles. The number of rotatable bonds is 0. The Balaban J connectivity index is 1.98. The van der Waals surface area contributed by atoms with Crippen LogP contribution in [0.5, 0.6) is 0 Å². The summed E-state index contributed by atoms with van der Waals surface area (Å²) in [5.74, 6) is 0. The van der Waals surface area contributed by atoms with E-state index >= 15 is 0 Å². The van der Waals surface area contributed by atoms with Crippen molar-refractivity contribution in [3.05, 3.63) is 125 Å². The van der Waals surface area contributed by atoms with Crippen LogP contribution in [-0.4, -0.2) is 4.57 Å². The molecule has 0 saturated carbocycles. The predicted molar refractivity (Wildman–Crippen MR) is 150 cm³/mol. The van der Waals surface area contributed by atoms with Gasteiger partial charge in [0.05, 0.1) is 11.0 Å². The zero-order chi connectivity index (χ0) is 23.7. The van der Waals surface area contributed by atoms with Gasteiger partial charge < -0.3 is 4.57 Å². The monoisotopic (exact) mass is 449 g/mol. The highest BCUT2D eigenvalue weighted by Gasteiger charge is 2.22. The average Bonchev–Trinajstić information content (AvgIpc) is 2.92. The van der Waals surface area contributed by atoms with E-state index in [1.807, 2.05) is 0 Å². The molecule has 0 N–H and O–H groups in total. The molecule has 6 aromatic rings. The molecule has 1 heteroatoms. The molecule has 0 unspecified atom stereocenters. The third kappa shape index (κ3) is 2.82. The van der Waals surface area contributed by atoms with Gasteiger partial charge in [-0.15, -0.1) is 0 Å². The first-order chi connectivity index (χ1) is 17.1. The fourth-order valence-electron chi connectivity index (χ4n) is 6.17. The predicted octanol–water partition coefficient (Wildman–Crippen LogP) is 9.04. The Kier molecular flexibility index (Phi) is 4.32. The van der Waals surface area contributed by atoms with E-state index in [4.69, 9.17) is 0 Å². The summed E-state index contributed by atoms with van der Waals surface area (Å²) in [6.07, 6.45) is 0.962. The third-order valence-electron chi connectivity index (χ3n) is 7.91. The lowest BCUT2D eigenvalue weighted by Crippen LogP contribution is -2.13. The minimum atomic E-state index is 0.962. The first-order valence-electron chi connectivity index (χ1n) is 12.4. The number of hydrogen-bond acceptors (Lipinski definition) is 0. The Morgan fingerprint density at radius 1 is 0.429 bits per heavy atom. The Hall–Kier alpha value is -4.10. The Bertz CT molecular complexity index is 1900. The lowest BCUT2D eigenvalue weighted by atomic mass is 9.89. The highest BCUT2D eigenvalue weighted by molar-refractivity contribution is 6.20. The molecule has 168 valence electrons. The van der Waals surface area contributed by atoms with Crippen LogP contribution in [0.4, 0.5) is 0 Å². The molecule has 2 heterocycles. The fourth-order valence-corrected chi connectivity index (χ4v) is 6.17. The Morgan fingerprint density at radius 3 is 1.63 bits per heavy atom. The minimum absolute atomic E-state index is 0.962. The molecular formula is C34H27N. The van der Waals surface area contributed by atoms with E-state index in [-0.39, 0.29) is 0 Å². The van der Waals surface area contributed by atoms with E-state index in [9.17, 15) is 0 Å². The summed E-state index contributed by atoms with van der Waals surface area (Å²) in [6, 6.07) is 36.0. The van der Waals surface area contributed by atoms with Crippen LogP contribution in [0, 0.1) is 20.8 Å². The molecule has 0 bridgehead atoms. The van der Waals surface area contributed by atoms with Gasteiger partial charge in [-0.25, -0.2) is 0 Å². The number of aromatic nitrogens is 1. The second kappa shape index (κ2) is 7.45. The summed E-state index contributed by atoms with van der Waals surface area (Å²) in [5.41, 5.74) is 10.8. The van der Waals surface area contributed by atoms with Crippen molar-refractivity contribution in [2.24, 2.45) is 0 Å². The van der Waals surface area contributed by atoms with Crippen molar-refractivity contribution >= 4 is 43.4 Å². The molecule has 35 heavy (non-hydrogen) atoms. The van der Waals surface area contributed by atoms with Gasteiger partial charge in [-0.2, -0.15) is 0 Å². The normalized spacial score (nSPS) is 12.3. The van der Waals surface area contributed by atoms with Crippen molar-refractivity contribution in [1.29, 1.82) is 0 Å². The average molecular weight is 450 g/mol. The maximum atomic E-state index is 2.58. The lowest BCUT2D eigenvalue weighted by molar-refractivity contribution is 1.01. The largest absolute Gasteiger partial charge is 0.308 e. The summed E-state index contributed by atoms with van der Waals surface area (Å²) in [4.78, 5) is 0. The van der Waals surface area contributed by atoms with Crippen molar-refractivity contribution in [3.63, 3.8) is 0 Å². The van der Waals surface area contributed by atoms with Crippen molar-refractivity contribution < 1.29 is 0 Å². The van der Waals surface area contributed by atoms with Crippen LogP contribution < -0.4 is 0 Å². The van der Waals surface area contributed by atoms with Crippen molar-refractivity contribution in [2.45, 2.75) is 27.2 Å². The van der Waals surface area contributed by atoms with Crippen LogP contribution in [0.15, 0.2) is 97.1 Å². The van der Waals surface area contributed by atoms with Crippen LogP contribution in [0.1, 0.15) is 27.8 Å². The van der Waals surface area contributed by atoms with Crippen LogP contribution in [-0.2, 0) is 6.42 Å². The van der Waals surface area contributed by atoms with E-state index in [1.54, 1.807) is 0 Å². The van der Waals surface area contributed by atoms with Gasteiger partial charge in [-0.3, -0.25) is 0 Å². The Labute approximate surface area is 205 Å². The number of fused-ring (bicyclic) bond motifs is 9. The second-order valence-electron chi connectivity index (χ2n) is 9.90. The first kappa shape index (κ1) is 20.3. The Morgan fingerprint density at radius 2 is 0.943 bits per heavy atom. The zero-order valence-electron chi connectivity index (χ0n) is 20.4. The summed E-state index contributed by atoms with van der Waals surface area (Å²) in [7, 11) is 0. The molecule has 0 radical (unpaired) electrons. The van der Waals surface area contributed by atoms with Crippen LogP contribution in [0.3, 0.4) is 0 Å².